The lowest BCUT2D eigenvalue weighted by Crippen LogP contribution is -2.01. The van der Waals surface area contributed by atoms with Crippen LogP contribution in [-0.4, -0.2) is 12.2 Å². The van der Waals surface area contributed by atoms with Gasteiger partial charge in [0.1, 0.15) is 0 Å². The molecule has 0 N–H and O–H groups in total. The maximum absolute atomic E-state index is 12.0. The lowest BCUT2D eigenvalue weighted by atomic mass is 10.1. The third kappa shape index (κ3) is 5.36. The second-order valence-electron chi connectivity index (χ2n) is 5.40. The van der Waals surface area contributed by atoms with E-state index in [4.69, 9.17) is 28.0 Å². The Morgan fingerprint density at radius 3 is 2.38 bits per heavy atom. The number of carbonyl (C=O) groups excluding carboxylic acids is 1. The van der Waals surface area contributed by atoms with Gasteiger partial charge in [0.25, 0.3) is 0 Å². The van der Waals surface area contributed by atoms with Crippen LogP contribution in [0.3, 0.4) is 0 Å². The predicted molar refractivity (Wildman–Crippen MR) is 99.1 cm³/mol. The van der Waals surface area contributed by atoms with Crippen LogP contribution in [0.1, 0.15) is 47.7 Å². The summed E-state index contributed by atoms with van der Waals surface area (Å²) in [6.07, 6.45) is 5.91. The van der Waals surface area contributed by atoms with Crippen molar-refractivity contribution in [2.24, 2.45) is 5.16 Å². The minimum atomic E-state index is -0.519. The maximum Gasteiger partial charge on any atom is 0.365 e. The number of unbranched alkanes of at least 4 members (excludes halogenated alkanes) is 2. The third-order valence-electron chi connectivity index (χ3n) is 3.58. The molecule has 5 heteroatoms. The van der Waals surface area contributed by atoms with Crippen LogP contribution in [0.5, 0.6) is 0 Å². The van der Waals surface area contributed by atoms with Crippen molar-refractivity contribution in [2.45, 2.75) is 32.6 Å². The molecule has 24 heavy (non-hydrogen) atoms. The standard InChI is InChI=1S/C19H19Cl2NO2/c1-2-3-4-6-14-9-11-15(12-10-14)19(23)24-22-13-16-17(20)7-5-8-18(16)21/h5,7-13H,2-4,6H2,1H3. The van der Waals surface area contributed by atoms with Gasteiger partial charge in [-0.15, -0.1) is 0 Å². The SMILES string of the molecule is CCCCCc1ccc(C(=O)ON=Cc2c(Cl)cccc2Cl)cc1. The zero-order valence-corrected chi connectivity index (χ0v) is 15.0. The summed E-state index contributed by atoms with van der Waals surface area (Å²) in [5, 5.41) is 4.57. The van der Waals surface area contributed by atoms with Gasteiger partial charge < -0.3 is 4.84 Å². The number of aryl methyl sites for hydroxylation is 1. The Balaban J connectivity index is 1.94. The van der Waals surface area contributed by atoms with Crippen molar-refractivity contribution in [1.82, 2.24) is 0 Å². The van der Waals surface area contributed by atoms with Crippen LogP contribution in [0, 0.1) is 0 Å². The molecule has 0 heterocycles. The summed E-state index contributed by atoms with van der Waals surface area (Å²) >= 11 is 12.0. The summed E-state index contributed by atoms with van der Waals surface area (Å²) in [4.78, 5) is 16.9. The molecule has 0 saturated carbocycles. The molecule has 0 bridgehead atoms. The number of oxime groups is 1. The Morgan fingerprint density at radius 1 is 1.08 bits per heavy atom. The number of rotatable bonds is 7. The quantitative estimate of drug-likeness (QED) is 0.265. The summed E-state index contributed by atoms with van der Waals surface area (Å²) in [7, 11) is 0. The van der Waals surface area contributed by atoms with Gasteiger partial charge in [0, 0.05) is 5.56 Å². The van der Waals surface area contributed by atoms with Crippen LogP contribution < -0.4 is 0 Å². The smallest absolute Gasteiger partial charge is 0.313 e. The zero-order chi connectivity index (χ0) is 17.4. The number of halogens is 2. The van der Waals surface area contributed by atoms with Crippen molar-refractivity contribution in [3.05, 3.63) is 69.2 Å². The Labute approximate surface area is 152 Å². The molecule has 2 rings (SSSR count). The third-order valence-corrected chi connectivity index (χ3v) is 4.23. The van der Waals surface area contributed by atoms with Crippen LogP contribution >= 0.6 is 23.2 Å². The first-order chi connectivity index (χ1) is 11.6. The molecule has 0 radical (unpaired) electrons. The monoisotopic (exact) mass is 363 g/mol. The second kappa shape index (κ2) is 9.45. The zero-order valence-electron chi connectivity index (χ0n) is 13.5. The number of carbonyl (C=O) groups is 1. The van der Waals surface area contributed by atoms with E-state index in [-0.39, 0.29) is 0 Å². The summed E-state index contributed by atoms with van der Waals surface area (Å²) in [6, 6.07) is 12.5. The Kier molecular flexibility index (Phi) is 7.29. The Hall–Kier alpha value is -1.84. The van der Waals surface area contributed by atoms with E-state index in [1.54, 1.807) is 30.3 Å². The number of hydrogen-bond acceptors (Lipinski definition) is 3. The molecule has 0 atom stereocenters. The first kappa shape index (κ1) is 18.5. The first-order valence-corrected chi connectivity index (χ1v) is 8.65. The van der Waals surface area contributed by atoms with Crippen LogP contribution in [0.2, 0.25) is 10.0 Å². The predicted octanol–water partition coefficient (Wildman–Crippen LogP) is 5.92. The highest BCUT2D eigenvalue weighted by molar-refractivity contribution is 6.38. The fourth-order valence-electron chi connectivity index (χ4n) is 2.20. The minimum absolute atomic E-state index is 0.443. The van der Waals surface area contributed by atoms with Gasteiger partial charge in [-0.3, -0.25) is 0 Å². The molecule has 0 spiro atoms. The Bertz CT molecular complexity index is 692. The average molecular weight is 364 g/mol. The summed E-state index contributed by atoms with van der Waals surface area (Å²) in [5.41, 5.74) is 2.18. The van der Waals surface area contributed by atoms with Crippen LogP contribution in [-0.2, 0) is 11.3 Å². The molecule has 0 fully saturated rings. The molecule has 3 nitrogen and oxygen atoms in total. The van der Waals surface area contributed by atoms with Gasteiger partial charge in [-0.1, -0.05) is 66.3 Å². The summed E-state index contributed by atoms with van der Waals surface area (Å²) in [5.74, 6) is -0.519. The number of benzene rings is 2. The Morgan fingerprint density at radius 2 is 1.75 bits per heavy atom. The summed E-state index contributed by atoms with van der Waals surface area (Å²) in [6.45, 7) is 2.18. The molecular weight excluding hydrogens is 345 g/mol. The summed E-state index contributed by atoms with van der Waals surface area (Å²) < 4.78 is 0. The van der Waals surface area contributed by atoms with E-state index in [1.165, 1.54) is 24.6 Å². The first-order valence-electron chi connectivity index (χ1n) is 7.89. The van der Waals surface area contributed by atoms with Crippen LogP contribution in [0.4, 0.5) is 0 Å². The molecule has 0 aliphatic carbocycles. The minimum Gasteiger partial charge on any atom is -0.313 e. The van der Waals surface area contributed by atoms with Crippen molar-refractivity contribution in [2.75, 3.05) is 0 Å². The van der Waals surface area contributed by atoms with Crippen molar-refractivity contribution < 1.29 is 9.63 Å². The van der Waals surface area contributed by atoms with E-state index in [0.717, 1.165) is 12.8 Å². The van der Waals surface area contributed by atoms with Crippen LogP contribution in [0.25, 0.3) is 0 Å². The lowest BCUT2D eigenvalue weighted by molar-refractivity contribution is 0.0519. The molecule has 0 saturated heterocycles. The maximum atomic E-state index is 12.0. The molecule has 0 aromatic heterocycles. The highest BCUT2D eigenvalue weighted by Crippen LogP contribution is 2.22. The molecule has 0 aliphatic heterocycles. The molecule has 126 valence electrons. The largest absolute Gasteiger partial charge is 0.365 e. The van der Waals surface area contributed by atoms with Gasteiger partial charge in [-0.2, -0.15) is 0 Å². The fraction of sp³-hybridized carbons (Fsp3) is 0.263. The average Bonchev–Trinajstić information content (AvgIpc) is 2.58. The topological polar surface area (TPSA) is 38.7 Å². The van der Waals surface area contributed by atoms with E-state index < -0.39 is 5.97 Å². The van der Waals surface area contributed by atoms with Gasteiger partial charge in [0.2, 0.25) is 0 Å². The molecule has 0 aliphatic rings. The van der Waals surface area contributed by atoms with Gasteiger partial charge in [0.05, 0.1) is 21.8 Å². The highest BCUT2D eigenvalue weighted by atomic mass is 35.5. The molecule has 0 amide bonds. The van der Waals surface area contributed by atoms with Crippen molar-refractivity contribution in [3.63, 3.8) is 0 Å². The van der Waals surface area contributed by atoms with E-state index in [2.05, 4.69) is 12.1 Å². The van der Waals surface area contributed by atoms with Gasteiger partial charge >= 0.3 is 5.97 Å². The number of nitrogens with zero attached hydrogens (tertiary/aromatic N) is 1. The van der Waals surface area contributed by atoms with E-state index in [9.17, 15) is 4.79 Å². The lowest BCUT2D eigenvalue weighted by Gasteiger charge is -2.03. The van der Waals surface area contributed by atoms with Crippen LogP contribution in [0.15, 0.2) is 47.6 Å². The van der Waals surface area contributed by atoms with E-state index >= 15 is 0 Å². The highest BCUT2D eigenvalue weighted by Gasteiger charge is 2.07. The van der Waals surface area contributed by atoms with E-state index in [0.29, 0.717) is 21.2 Å². The van der Waals surface area contributed by atoms with Crippen molar-refractivity contribution in [1.29, 1.82) is 0 Å². The van der Waals surface area contributed by atoms with Crippen molar-refractivity contribution in [3.8, 4) is 0 Å². The molecule has 0 unspecified atom stereocenters. The second-order valence-corrected chi connectivity index (χ2v) is 6.22. The molecular formula is C19H19Cl2NO2. The number of hydrogen-bond donors (Lipinski definition) is 0. The molecule has 2 aromatic carbocycles. The van der Waals surface area contributed by atoms with Gasteiger partial charge in [0.15, 0.2) is 0 Å². The van der Waals surface area contributed by atoms with Gasteiger partial charge in [-0.05, 0) is 42.7 Å². The van der Waals surface area contributed by atoms with Crippen molar-refractivity contribution >= 4 is 35.4 Å². The van der Waals surface area contributed by atoms with Gasteiger partial charge in [-0.25, -0.2) is 4.79 Å². The fourth-order valence-corrected chi connectivity index (χ4v) is 2.70. The van der Waals surface area contributed by atoms with E-state index in [1.807, 2.05) is 12.1 Å². The normalized spacial score (nSPS) is 11.0. The molecule has 2 aromatic rings.